The first-order chi connectivity index (χ1) is 39.1. The fourth-order valence-electron chi connectivity index (χ4n) is 9.25. The summed E-state index contributed by atoms with van der Waals surface area (Å²) in [4.78, 5) is 72.1. The second kappa shape index (κ2) is 53.3. The molecule has 0 aliphatic rings. The number of carbonyl (C=O) groups is 4. The first-order valence-electron chi connectivity index (χ1n) is 32.7. The van der Waals surface area contributed by atoms with Crippen molar-refractivity contribution in [3.8, 4) is 0 Å². The molecule has 3 N–H and O–H groups in total. The number of hydrogen-bond acceptors (Lipinski definition) is 15. The molecule has 486 valence electrons. The highest BCUT2D eigenvalue weighted by molar-refractivity contribution is 7.47. The molecule has 2 unspecified atom stereocenters. The number of esters is 4. The Morgan fingerprint density at radius 2 is 0.512 bits per heavy atom. The van der Waals surface area contributed by atoms with Gasteiger partial charge in [-0.25, -0.2) is 9.13 Å². The van der Waals surface area contributed by atoms with Crippen LogP contribution in [-0.4, -0.2) is 96.7 Å². The van der Waals surface area contributed by atoms with E-state index < -0.39 is 97.5 Å². The summed E-state index contributed by atoms with van der Waals surface area (Å²) in [7, 11) is -9.89. The molecule has 17 nitrogen and oxygen atoms in total. The van der Waals surface area contributed by atoms with Gasteiger partial charge in [-0.2, -0.15) is 0 Å². The number of aliphatic hydroxyl groups is 1. The molecule has 82 heavy (non-hydrogen) atoms. The van der Waals surface area contributed by atoms with E-state index in [4.69, 9.17) is 37.0 Å². The fourth-order valence-corrected chi connectivity index (χ4v) is 10.8. The summed E-state index contributed by atoms with van der Waals surface area (Å²) in [6, 6.07) is 0. The Kier molecular flexibility index (Phi) is 52.0. The van der Waals surface area contributed by atoms with Gasteiger partial charge in [-0.15, -0.1) is 0 Å². The molecule has 0 aromatic carbocycles. The molecule has 0 heterocycles. The average Bonchev–Trinajstić information content (AvgIpc) is 3.43. The van der Waals surface area contributed by atoms with Gasteiger partial charge < -0.3 is 33.8 Å². The molecule has 0 amide bonds. The first-order valence-corrected chi connectivity index (χ1v) is 35.7. The first kappa shape index (κ1) is 80.1. The van der Waals surface area contributed by atoms with Crippen LogP contribution in [0.15, 0.2) is 0 Å². The monoisotopic (exact) mass is 1210 g/mol. The number of carbonyl (C=O) groups excluding carboxylic acids is 4. The van der Waals surface area contributed by atoms with E-state index in [1.807, 2.05) is 0 Å². The van der Waals surface area contributed by atoms with Gasteiger partial charge in [0.15, 0.2) is 12.2 Å². The Hall–Kier alpha value is -1.94. The Morgan fingerprint density at radius 3 is 0.756 bits per heavy atom. The number of phosphoric ester groups is 2. The van der Waals surface area contributed by atoms with Crippen LogP contribution in [0.1, 0.15) is 299 Å². The molecule has 0 aliphatic carbocycles. The van der Waals surface area contributed by atoms with Gasteiger partial charge in [0, 0.05) is 25.7 Å². The predicted octanol–water partition coefficient (Wildman–Crippen LogP) is 17.0. The van der Waals surface area contributed by atoms with E-state index in [2.05, 4.69) is 55.4 Å². The van der Waals surface area contributed by atoms with Crippen molar-refractivity contribution in [2.24, 2.45) is 23.7 Å². The van der Waals surface area contributed by atoms with Gasteiger partial charge in [-0.3, -0.25) is 37.3 Å². The van der Waals surface area contributed by atoms with Crippen molar-refractivity contribution in [2.75, 3.05) is 39.6 Å². The SMILES string of the molecule is CC(C)CCCCCCCCCCCC(=O)O[C@H](COC(=O)CCCCCCCCCCC(C)C)COP(=O)(O)OC[C@@H](O)COP(=O)(O)OC[C@@H](COC(=O)CCCCCCCCC(C)C)OC(=O)CCCCCCCCCC(C)C. The highest BCUT2D eigenvalue weighted by Gasteiger charge is 2.30. The molecule has 0 rings (SSSR count). The second-order valence-electron chi connectivity index (χ2n) is 24.7. The standard InChI is InChI=1S/C63H122O17P2/c1-53(2)39-31-23-15-10-9-11-19-29-37-45-62(67)79-58(49-73-60(65)43-35-27-18-13-12-16-24-32-40-54(3)4)51-77-81(69,70)75-47-57(64)48-76-82(71,72)78-52-59(50-74-61(66)44-36-28-22-21-26-34-42-56(7)8)80-63(68)46-38-30-20-14-17-25-33-41-55(5)6/h53-59,64H,9-52H2,1-8H3,(H,69,70)(H,71,72)/t57-,58-,59-/m1/s1. The van der Waals surface area contributed by atoms with Gasteiger partial charge in [0.05, 0.1) is 26.4 Å². The number of rotatable bonds is 60. The topological polar surface area (TPSA) is 237 Å². The van der Waals surface area contributed by atoms with Gasteiger partial charge in [0.1, 0.15) is 19.3 Å². The second-order valence-corrected chi connectivity index (χ2v) is 27.6. The molecule has 19 heteroatoms. The zero-order chi connectivity index (χ0) is 61.1. The van der Waals surface area contributed by atoms with Crippen LogP contribution in [0.25, 0.3) is 0 Å². The van der Waals surface area contributed by atoms with Crippen LogP contribution in [0.2, 0.25) is 0 Å². The highest BCUT2D eigenvalue weighted by Crippen LogP contribution is 2.45. The minimum Gasteiger partial charge on any atom is -0.462 e. The smallest absolute Gasteiger partial charge is 0.462 e. The molecule has 0 saturated carbocycles. The van der Waals surface area contributed by atoms with Gasteiger partial charge in [-0.1, -0.05) is 248 Å². The van der Waals surface area contributed by atoms with Crippen molar-refractivity contribution in [1.82, 2.24) is 0 Å². The maximum atomic E-state index is 13.0. The maximum Gasteiger partial charge on any atom is 0.472 e. The zero-order valence-electron chi connectivity index (χ0n) is 53.1. The van der Waals surface area contributed by atoms with Gasteiger partial charge in [0.25, 0.3) is 0 Å². The average molecular weight is 1210 g/mol. The van der Waals surface area contributed by atoms with E-state index in [1.165, 1.54) is 96.3 Å². The molecule has 0 radical (unpaired) electrons. The van der Waals surface area contributed by atoms with Crippen LogP contribution in [0.3, 0.4) is 0 Å². The third kappa shape index (κ3) is 57.2. The minimum atomic E-state index is -4.94. The molecule has 0 spiro atoms. The third-order valence-corrected chi connectivity index (χ3v) is 16.2. The molecule has 0 aliphatic heterocycles. The van der Waals surface area contributed by atoms with Crippen LogP contribution in [0, 0.1) is 23.7 Å². The molecule has 0 fully saturated rings. The minimum absolute atomic E-state index is 0.102. The summed E-state index contributed by atoms with van der Waals surface area (Å²) in [6.07, 6.45) is 32.4. The van der Waals surface area contributed by atoms with Crippen LogP contribution < -0.4 is 0 Å². The van der Waals surface area contributed by atoms with Gasteiger partial charge in [-0.05, 0) is 49.4 Å². The Balaban J connectivity index is 5.25. The van der Waals surface area contributed by atoms with Gasteiger partial charge in [0.2, 0.25) is 0 Å². The summed E-state index contributed by atoms with van der Waals surface area (Å²) in [5, 5.41) is 10.5. The summed E-state index contributed by atoms with van der Waals surface area (Å²) >= 11 is 0. The van der Waals surface area contributed by atoms with E-state index in [-0.39, 0.29) is 25.7 Å². The third-order valence-electron chi connectivity index (χ3n) is 14.3. The zero-order valence-corrected chi connectivity index (χ0v) is 54.9. The van der Waals surface area contributed by atoms with E-state index in [9.17, 15) is 43.2 Å². The van der Waals surface area contributed by atoms with Crippen LogP contribution >= 0.6 is 15.6 Å². The van der Waals surface area contributed by atoms with Gasteiger partial charge >= 0.3 is 39.5 Å². The predicted molar refractivity (Wildman–Crippen MR) is 326 cm³/mol. The summed E-state index contributed by atoms with van der Waals surface area (Å²) in [5.41, 5.74) is 0. The van der Waals surface area contributed by atoms with E-state index in [1.54, 1.807) is 0 Å². The number of phosphoric acid groups is 2. The molecule has 0 saturated heterocycles. The lowest BCUT2D eigenvalue weighted by molar-refractivity contribution is -0.161. The molecule has 0 aromatic heterocycles. The summed E-state index contributed by atoms with van der Waals surface area (Å²) in [6.45, 7) is 13.9. The maximum absolute atomic E-state index is 13.0. The lowest BCUT2D eigenvalue weighted by Crippen LogP contribution is -2.30. The lowest BCUT2D eigenvalue weighted by atomic mass is 10.0. The number of hydrogen-bond donors (Lipinski definition) is 3. The van der Waals surface area contributed by atoms with Crippen molar-refractivity contribution in [3.05, 3.63) is 0 Å². The summed E-state index contributed by atoms with van der Waals surface area (Å²) < 4.78 is 67.9. The number of aliphatic hydroxyl groups excluding tert-OH is 1. The van der Waals surface area contributed by atoms with E-state index >= 15 is 0 Å². The number of ether oxygens (including phenoxy) is 4. The highest BCUT2D eigenvalue weighted by atomic mass is 31.2. The van der Waals surface area contributed by atoms with Crippen molar-refractivity contribution >= 4 is 39.5 Å². The lowest BCUT2D eigenvalue weighted by Gasteiger charge is -2.21. The fraction of sp³-hybridized carbons (Fsp3) is 0.937. The van der Waals surface area contributed by atoms with Crippen LogP contribution in [0.4, 0.5) is 0 Å². The van der Waals surface area contributed by atoms with Crippen LogP contribution in [0.5, 0.6) is 0 Å². The molecule has 0 bridgehead atoms. The quantitative estimate of drug-likeness (QED) is 0.0222. The van der Waals surface area contributed by atoms with E-state index in [0.717, 1.165) is 108 Å². The van der Waals surface area contributed by atoms with Crippen LogP contribution in [-0.2, 0) is 65.4 Å². The van der Waals surface area contributed by atoms with Crippen molar-refractivity contribution < 1.29 is 80.2 Å². The largest absolute Gasteiger partial charge is 0.472 e. The number of unbranched alkanes of at least 4 members (excludes halogenated alkanes) is 26. The molecule has 0 aromatic rings. The Bertz CT molecular complexity index is 1640. The summed E-state index contributed by atoms with van der Waals surface area (Å²) in [5.74, 6) is 0.694. The Labute approximate surface area is 498 Å². The van der Waals surface area contributed by atoms with Crippen molar-refractivity contribution in [1.29, 1.82) is 0 Å². The normalized spacial score (nSPS) is 14.5. The Morgan fingerprint density at radius 1 is 0.305 bits per heavy atom. The van der Waals surface area contributed by atoms with E-state index in [0.29, 0.717) is 37.5 Å². The molecular formula is C63H122O17P2. The van der Waals surface area contributed by atoms with Crippen molar-refractivity contribution in [3.63, 3.8) is 0 Å². The molecular weight excluding hydrogens is 1090 g/mol. The molecule has 5 atom stereocenters. The van der Waals surface area contributed by atoms with Crippen molar-refractivity contribution in [2.45, 2.75) is 318 Å².